The summed E-state index contributed by atoms with van der Waals surface area (Å²) in [6, 6.07) is 1.98. The molecule has 0 aromatic carbocycles. The van der Waals surface area contributed by atoms with Gasteiger partial charge < -0.3 is 15.8 Å². The molecular formula is C11H17N3O2. The number of pyridine rings is 1. The van der Waals surface area contributed by atoms with Crippen molar-refractivity contribution >= 4 is 11.8 Å². The number of carbonyl (C=O) groups is 1. The van der Waals surface area contributed by atoms with E-state index in [-0.39, 0.29) is 5.97 Å². The van der Waals surface area contributed by atoms with Gasteiger partial charge in [-0.1, -0.05) is 0 Å². The molecule has 0 spiro atoms. The summed E-state index contributed by atoms with van der Waals surface area (Å²) in [4.78, 5) is 14.9. The van der Waals surface area contributed by atoms with Gasteiger partial charge in [0.25, 0.3) is 0 Å². The summed E-state index contributed by atoms with van der Waals surface area (Å²) < 4.78 is 4.53. The molecular weight excluding hydrogens is 206 g/mol. The van der Waals surface area contributed by atoms with E-state index in [0.29, 0.717) is 25.3 Å². The average molecular weight is 223 g/mol. The van der Waals surface area contributed by atoms with E-state index in [0.717, 1.165) is 11.1 Å². The molecule has 1 aromatic rings. The van der Waals surface area contributed by atoms with Crippen molar-refractivity contribution in [2.45, 2.75) is 19.9 Å². The number of aryl methyl sites for hydroxylation is 1. The minimum atomic E-state index is -0.220. The monoisotopic (exact) mass is 223 g/mol. The van der Waals surface area contributed by atoms with Crippen LogP contribution < -0.4 is 11.1 Å². The maximum atomic E-state index is 10.8. The summed E-state index contributed by atoms with van der Waals surface area (Å²) in [6.07, 6.45) is 2.09. The number of carbonyl (C=O) groups excluding carboxylic acids is 1. The molecule has 1 rings (SSSR count). The summed E-state index contributed by atoms with van der Waals surface area (Å²) in [6.45, 7) is 3.14. The zero-order chi connectivity index (χ0) is 12.0. The summed E-state index contributed by atoms with van der Waals surface area (Å²) in [5.74, 6) is 0.305. The van der Waals surface area contributed by atoms with Gasteiger partial charge in [0.2, 0.25) is 0 Å². The maximum Gasteiger partial charge on any atom is 0.306 e. The highest BCUT2D eigenvalue weighted by molar-refractivity contribution is 5.69. The van der Waals surface area contributed by atoms with Gasteiger partial charge in [0.15, 0.2) is 0 Å². The van der Waals surface area contributed by atoms with Crippen LogP contribution in [0.25, 0.3) is 0 Å². The van der Waals surface area contributed by atoms with Crippen molar-refractivity contribution in [3.8, 4) is 0 Å². The highest BCUT2D eigenvalue weighted by Gasteiger charge is 2.02. The Morgan fingerprint density at radius 1 is 1.62 bits per heavy atom. The molecule has 0 amide bonds. The van der Waals surface area contributed by atoms with Gasteiger partial charge in [-0.25, -0.2) is 4.98 Å². The van der Waals surface area contributed by atoms with Gasteiger partial charge in [-0.15, -0.1) is 0 Å². The summed E-state index contributed by atoms with van der Waals surface area (Å²) in [7, 11) is 1.38. The molecule has 0 aliphatic carbocycles. The third kappa shape index (κ3) is 3.86. The Bertz CT molecular complexity index is 366. The quantitative estimate of drug-likeness (QED) is 0.565. The van der Waals surface area contributed by atoms with Crippen molar-refractivity contribution in [2.75, 3.05) is 19.4 Å². The third-order valence-corrected chi connectivity index (χ3v) is 2.19. The van der Waals surface area contributed by atoms with Crippen molar-refractivity contribution in [1.82, 2.24) is 10.3 Å². The SMILES string of the molecule is COC(=O)CCNCc1cc(C)cnc1N. The predicted molar refractivity (Wildman–Crippen MR) is 61.7 cm³/mol. The first-order valence-electron chi connectivity index (χ1n) is 5.12. The predicted octanol–water partition coefficient (Wildman–Crippen LogP) is 0.625. The van der Waals surface area contributed by atoms with Crippen LogP contribution in [-0.4, -0.2) is 24.6 Å². The van der Waals surface area contributed by atoms with Gasteiger partial charge in [0.05, 0.1) is 13.5 Å². The minimum Gasteiger partial charge on any atom is -0.469 e. The molecule has 0 atom stereocenters. The number of hydrogen-bond donors (Lipinski definition) is 2. The van der Waals surface area contributed by atoms with Crippen molar-refractivity contribution in [2.24, 2.45) is 0 Å². The molecule has 0 saturated heterocycles. The topological polar surface area (TPSA) is 77.2 Å². The number of nitrogen functional groups attached to an aromatic ring is 1. The number of ether oxygens (including phenoxy) is 1. The number of nitrogens with two attached hydrogens (primary N) is 1. The molecule has 0 unspecified atom stereocenters. The van der Waals surface area contributed by atoms with E-state index in [4.69, 9.17) is 5.73 Å². The van der Waals surface area contributed by atoms with Crippen LogP contribution in [0, 0.1) is 6.92 Å². The summed E-state index contributed by atoms with van der Waals surface area (Å²) in [5, 5.41) is 3.11. The number of methoxy groups -OCH3 is 1. The standard InChI is InChI=1S/C11H17N3O2/c1-8-5-9(11(12)14-6-8)7-13-4-3-10(15)16-2/h5-6,13H,3-4,7H2,1-2H3,(H2,12,14). The van der Waals surface area contributed by atoms with Crippen LogP contribution in [0.3, 0.4) is 0 Å². The van der Waals surface area contributed by atoms with E-state index >= 15 is 0 Å². The molecule has 88 valence electrons. The fourth-order valence-corrected chi connectivity index (χ4v) is 1.30. The van der Waals surface area contributed by atoms with Gasteiger partial charge >= 0.3 is 5.97 Å². The Morgan fingerprint density at radius 3 is 3.06 bits per heavy atom. The highest BCUT2D eigenvalue weighted by Crippen LogP contribution is 2.09. The van der Waals surface area contributed by atoms with Gasteiger partial charge in [-0.2, -0.15) is 0 Å². The van der Waals surface area contributed by atoms with Crippen LogP contribution in [0.4, 0.5) is 5.82 Å². The molecule has 0 fully saturated rings. The van der Waals surface area contributed by atoms with E-state index < -0.39 is 0 Å². The number of aromatic nitrogens is 1. The lowest BCUT2D eigenvalue weighted by molar-refractivity contribution is -0.140. The number of anilines is 1. The molecule has 5 heteroatoms. The Morgan fingerprint density at radius 2 is 2.38 bits per heavy atom. The van der Waals surface area contributed by atoms with Crippen LogP contribution >= 0.6 is 0 Å². The molecule has 1 heterocycles. The minimum absolute atomic E-state index is 0.220. The first-order valence-corrected chi connectivity index (χ1v) is 5.12. The lowest BCUT2D eigenvalue weighted by atomic mass is 10.2. The van der Waals surface area contributed by atoms with Crippen LogP contribution in [0.5, 0.6) is 0 Å². The summed E-state index contributed by atoms with van der Waals surface area (Å²) in [5.41, 5.74) is 7.73. The number of nitrogens with one attached hydrogen (secondary N) is 1. The molecule has 0 bridgehead atoms. The van der Waals surface area contributed by atoms with E-state index in [1.807, 2.05) is 13.0 Å². The molecule has 5 nitrogen and oxygen atoms in total. The van der Waals surface area contributed by atoms with Crippen LogP contribution in [0.1, 0.15) is 17.5 Å². The zero-order valence-corrected chi connectivity index (χ0v) is 9.62. The van der Waals surface area contributed by atoms with Gasteiger partial charge in [-0.05, 0) is 18.6 Å². The molecule has 0 saturated carbocycles. The molecule has 16 heavy (non-hydrogen) atoms. The van der Waals surface area contributed by atoms with Gasteiger partial charge in [0, 0.05) is 24.8 Å². The third-order valence-electron chi connectivity index (χ3n) is 2.19. The van der Waals surface area contributed by atoms with Crippen LogP contribution in [0.2, 0.25) is 0 Å². The van der Waals surface area contributed by atoms with Crippen LogP contribution in [-0.2, 0) is 16.1 Å². The second-order valence-electron chi connectivity index (χ2n) is 3.56. The highest BCUT2D eigenvalue weighted by atomic mass is 16.5. The van der Waals surface area contributed by atoms with E-state index in [1.165, 1.54) is 7.11 Å². The smallest absolute Gasteiger partial charge is 0.306 e. The number of hydrogen-bond acceptors (Lipinski definition) is 5. The van der Waals surface area contributed by atoms with Crippen LogP contribution in [0.15, 0.2) is 12.3 Å². The van der Waals surface area contributed by atoms with Gasteiger partial charge in [-0.3, -0.25) is 4.79 Å². The fourth-order valence-electron chi connectivity index (χ4n) is 1.30. The largest absolute Gasteiger partial charge is 0.469 e. The van der Waals surface area contributed by atoms with Gasteiger partial charge in [0.1, 0.15) is 5.82 Å². The Balaban J connectivity index is 2.37. The average Bonchev–Trinajstić information content (AvgIpc) is 2.28. The lowest BCUT2D eigenvalue weighted by Crippen LogP contribution is -2.19. The number of nitrogens with zero attached hydrogens (tertiary/aromatic N) is 1. The number of rotatable bonds is 5. The Kier molecular flexibility index (Phi) is 4.72. The van der Waals surface area contributed by atoms with Crippen molar-refractivity contribution in [1.29, 1.82) is 0 Å². The zero-order valence-electron chi connectivity index (χ0n) is 9.62. The van der Waals surface area contributed by atoms with Crippen molar-refractivity contribution in [3.63, 3.8) is 0 Å². The first kappa shape index (κ1) is 12.4. The van der Waals surface area contributed by atoms with E-state index in [9.17, 15) is 4.79 Å². The molecule has 0 radical (unpaired) electrons. The number of esters is 1. The summed E-state index contributed by atoms with van der Waals surface area (Å²) >= 11 is 0. The molecule has 1 aromatic heterocycles. The maximum absolute atomic E-state index is 10.8. The Hall–Kier alpha value is -1.62. The Labute approximate surface area is 95.0 Å². The molecule has 0 aliphatic heterocycles. The normalized spacial score (nSPS) is 10.1. The van der Waals surface area contributed by atoms with Crippen molar-refractivity contribution in [3.05, 3.63) is 23.4 Å². The first-order chi connectivity index (χ1) is 7.63. The lowest BCUT2D eigenvalue weighted by Gasteiger charge is -2.07. The van der Waals surface area contributed by atoms with E-state index in [2.05, 4.69) is 15.0 Å². The second kappa shape index (κ2) is 6.07. The molecule has 0 aliphatic rings. The van der Waals surface area contributed by atoms with E-state index in [1.54, 1.807) is 6.20 Å². The van der Waals surface area contributed by atoms with Crippen molar-refractivity contribution < 1.29 is 9.53 Å². The molecule has 3 N–H and O–H groups in total. The fraction of sp³-hybridized carbons (Fsp3) is 0.455. The second-order valence-corrected chi connectivity index (χ2v) is 3.56.